The van der Waals surface area contributed by atoms with Gasteiger partial charge >= 0.3 is 0 Å². The van der Waals surface area contributed by atoms with E-state index in [1.807, 2.05) is 24.3 Å². The zero-order valence-electron chi connectivity index (χ0n) is 16.0. The molecule has 0 amide bonds. The molecule has 1 aliphatic carbocycles. The summed E-state index contributed by atoms with van der Waals surface area (Å²) in [5, 5.41) is 3.27. The lowest BCUT2D eigenvalue weighted by Crippen LogP contribution is -2.24. The summed E-state index contributed by atoms with van der Waals surface area (Å²) in [5.41, 5.74) is 11.1. The minimum absolute atomic E-state index is 0.476. The number of nitrogens with two attached hydrogens (primary N) is 1. The van der Waals surface area contributed by atoms with E-state index in [1.165, 1.54) is 24.0 Å². The monoisotopic (exact) mass is 367 g/mol. The van der Waals surface area contributed by atoms with Gasteiger partial charge in [-0.3, -0.25) is 4.99 Å². The van der Waals surface area contributed by atoms with E-state index < -0.39 is 0 Å². The molecule has 0 bridgehead atoms. The molecule has 2 aromatic carbocycles. The summed E-state index contributed by atoms with van der Waals surface area (Å²) in [4.78, 5) is 4.42. The molecular weight excluding hydrogens is 338 g/mol. The number of nitrogens with one attached hydrogen (secondary N) is 1. The van der Waals surface area contributed by atoms with E-state index in [4.69, 9.17) is 15.2 Å². The zero-order valence-corrected chi connectivity index (χ0v) is 16.0. The van der Waals surface area contributed by atoms with E-state index in [-0.39, 0.29) is 0 Å². The van der Waals surface area contributed by atoms with Gasteiger partial charge in [-0.1, -0.05) is 24.3 Å². The van der Waals surface area contributed by atoms with E-state index in [0.29, 0.717) is 25.7 Å². The lowest BCUT2D eigenvalue weighted by atomic mass is 9.90. The second-order valence-electron chi connectivity index (χ2n) is 6.80. The topological polar surface area (TPSA) is 68.9 Å². The Morgan fingerprint density at radius 2 is 1.93 bits per heavy atom. The third kappa shape index (κ3) is 5.73. The fraction of sp³-hybridized carbons (Fsp3) is 0.409. The van der Waals surface area contributed by atoms with Crippen molar-refractivity contribution in [2.24, 2.45) is 10.7 Å². The number of benzene rings is 2. The first-order valence-electron chi connectivity index (χ1n) is 9.64. The first-order chi connectivity index (χ1) is 13.3. The first-order valence-corrected chi connectivity index (χ1v) is 9.64. The van der Waals surface area contributed by atoms with Crippen LogP contribution >= 0.6 is 0 Å². The summed E-state index contributed by atoms with van der Waals surface area (Å²) in [6, 6.07) is 14.3. The van der Waals surface area contributed by atoms with Crippen molar-refractivity contribution in [1.82, 2.24) is 0 Å². The fourth-order valence-corrected chi connectivity index (χ4v) is 3.35. The van der Waals surface area contributed by atoms with Crippen LogP contribution in [-0.4, -0.2) is 26.2 Å². The summed E-state index contributed by atoms with van der Waals surface area (Å²) in [7, 11) is 1.67. The van der Waals surface area contributed by atoms with E-state index in [1.54, 1.807) is 7.11 Å². The van der Waals surface area contributed by atoms with Crippen LogP contribution in [0.25, 0.3) is 0 Å². The molecule has 0 aliphatic heterocycles. The molecule has 0 fully saturated rings. The highest BCUT2D eigenvalue weighted by Gasteiger charge is 2.12. The van der Waals surface area contributed by atoms with Gasteiger partial charge in [-0.05, 0) is 67.0 Å². The van der Waals surface area contributed by atoms with Gasteiger partial charge in [0.1, 0.15) is 5.75 Å². The van der Waals surface area contributed by atoms with Gasteiger partial charge in [-0.25, -0.2) is 0 Å². The van der Waals surface area contributed by atoms with Gasteiger partial charge in [0.2, 0.25) is 0 Å². The lowest BCUT2D eigenvalue weighted by molar-refractivity contribution is 0.120. The average Bonchev–Trinajstić information content (AvgIpc) is 2.71. The summed E-state index contributed by atoms with van der Waals surface area (Å²) >= 11 is 0. The molecule has 0 heterocycles. The van der Waals surface area contributed by atoms with Crippen molar-refractivity contribution < 1.29 is 9.47 Å². The zero-order chi connectivity index (χ0) is 18.9. The molecule has 0 atom stereocenters. The molecule has 0 spiro atoms. The number of guanidine groups is 1. The van der Waals surface area contributed by atoms with Gasteiger partial charge in [-0.15, -0.1) is 0 Å². The Kier molecular flexibility index (Phi) is 7.11. The number of aryl methyl sites for hydroxylation is 1. The Morgan fingerprint density at radius 3 is 2.74 bits per heavy atom. The number of methoxy groups -OCH3 is 1. The van der Waals surface area contributed by atoms with Gasteiger partial charge in [-0.2, -0.15) is 0 Å². The molecule has 3 N–H and O–H groups in total. The fourth-order valence-electron chi connectivity index (χ4n) is 3.35. The van der Waals surface area contributed by atoms with Crippen molar-refractivity contribution in [3.05, 3.63) is 59.2 Å². The maximum absolute atomic E-state index is 6.06. The molecule has 1 aliphatic rings. The summed E-state index contributed by atoms with van der Waals surface area (Å²) in [6.07, 6.45) is 5.63. The lowest BCUT2D eigenvalue weighted by Gasteiger charge is -2.19. The highest BCUT2D eigenvalue weighted by Crippen LogP contribution is 2.27. The SMILES string of the molecule is COc1ccc(COCCCN=C(N)Nc2cccc3c2CCCC3)cc1. The second kappa shape index (κ2) is 9.97. The van der Waals surface area contributed by atoms with E-state index in [2.05, 4.69) is 28.5 Å². The van der Waals surface area contributed by atoms with Crippen LogP contribution < -0.4 is 15.8 Å². The highest BCUT2D eigenvalue weighted by atomic mass is 16.5. The second-order valence-corrected chi connectivity index (χ2v) is 6.80. The predicted molar refractivity (Wildman–Crippen MR) is 110 cm³/mol. The highest BCUT2D eigenvalue weighted by molar-refractivity contribution is 5.93. The number of nitrogens with zero attached hydrogens (tertiary/aromatic N) is 1. The number of aliphatic imine (C=N–C) groups is 1. The third-order valence-electron chi connectivity index (χ3n) is 4.82. The molecule has 5 heteroatoms. The van der Waals surface area contributed by atoms with Crippen molar-refractivity contribution in [2.75, 3.05) is 25.6 Å². The number of hydrogen-bond donors (Lipinski definition) is 2. The molecule has 0 unspecified atom stereocenters. The molecule has 0 aromatic heterocycles. The molecule has 5 nitrogen and oxygen atoms in total. The van der Waals surface area contributed by atoms with Crippen molar-refractivity contribution in [3.63, 3.8) is 0 Å². The van der Waals surface area contributed by atoms with E-state index >= 15 is 0 Å². The molecule has 0 saturated carbocycles. The smallest absolute Gasteiger partial charge is 0.193 e. The quantitative estimate of drug-likeness (QED) is 0.422. The molecule has 27 heavy (non-hydrogen) atoms. The maximum atomic E-state index is 6.06. The predicted octanol–water partition coefficient (Wildman–Crippen LogP) is 3.91. The number of anilines is 1. The normalized spacial score (nSPS) is 13.9. The third-order valence-corrected chi connectivity index (χ3v) is 4.82. The number of ether oxygens (including phenoxy) is 2. The van der Waals surface area contributed by atoms with Gasteiger partial charge in [0, 0.05) is 18.8 Å². The molecular formula is C22H29N3O2. The van der Waals surface area contributed by atoms with Crippen LogP contribution in [0.2, 0.25) is 0 Å². The van der Waals surface area contributed by atoms with Crippen molar-refractivity contribution in [1.29, 1.82) is 0 Å². The first kappa shape index (κ1) is 19.2. The number of rotatable bonds is 8. The van der Waals surface area contributed by atoms with Gasteiger partial charge in [0.15, 0.2) is 5.96 Å². The molecule has 2 aromatic rings. The van der Waals surface area contributed by atoms with Crippen molar-refractivity contribution >= 4 is 11.6 Å². The average molecular weight is 367 g/mol. The summed E-state index contributed by atoms with van der Waals surface area (Å²) in [6.45, 7) is 1.90. The Bertz CT molecular complexity index is 757. The van der Waals surface area contributed by atoms with E-state index in [0.717, 1.165) is 36.3 Å². The Labute approximate surface area is 161 Å². The number of hydrogen-bond acceptors (Lipinski definition) is 3. The summed E-state index contributed by atoms with van der Waals surface area (Å²) in [5.74, 6) is 1.33. The standard InChI is InChI=1S/C22H29N3O2/c1-26-19-12-10-17(11-13-19)16-27-15-5-14-24-22(23)25-21-9-4-7-18-6-2-3-8-20(18)21/h4,7,9-13H,2-3,5-6,8,14-16H2,1H3,(H3,23,24,25). The summed E-state index contributed by atoms with van der Waals surface area (Å²) < 4.78 is 10.8. The maximum Gasteiger partial charge on any atom is 0.193 e. The van der Waals surface area contributed by atoms with Crippen molar-refractivity contribution in [2.45, 2.75) is 38.7 Å². The van der Waals surface area contributed by atoms with Crippen molar-refractivity contribution in [3.8, 4) is 5.75 Å². The minimum Gasteiger partial charge on any atom is -0.497 e. The minimum atomic E-state index is 0.476. The van der Waals surface area contributed by atoms with Gasteiger partial charge < -0.3 is 20.5 Å². The van der Waals surface area contributed by atoms with Crippen LogP contribution in [-0.2, 0) is 24.2 Å². The Morgan fingerprint density at radius 1 is 1.11 bits per heavy atom. The molecule has 144 valence electrons. The van der Waals surface area contributed by atoms with Gasteiger partial charge in [0.05, 0.1) is 13.7 Å². The molecule has 0 saturated heterocycles. The van der Waals surface area contributed by atoms with Crippen LogP contribution in [0, 0.1) is 0 Å². The van der Waals surface area contributed by atoms with Gasteiger partial charge in [0.25, 0.3) is 0 Å². The largest absolute Gasteiger partial charge is 0.497 e. The van der Waals surface area contributed by atoms with Crippen LogP contribution in [0.1, 0.15) is 36.0 Å². The van der Waals surface area contributed by atoms with E-state index in [9.17, 15) is 0 Å². The Balaban J connectivity index is 1.38. The Hall–Kier alpha value is -2.53. The van der Waals surface area contributed by atoms with Crippen LogP contribution in [0.3, 0.4) is 0 Å². The molecule has 3 rings (SSSR count). The van der Waals surface area contributed by atoms with Crippen LogP contribution in [0.5, 0.6) is 5.75 Å². The number of fused-ring (bicyclic) bond motifs is 1. The van der Waals surface area contributed by atoms with Crippen LogP contribution in [0.4, 0.5) is 5.69 Å². The molecule has 0 radical (unpaired) electrons. The van der Waals surface area contributed by atoms with Crippen LogP contribution in [0.15, 0.2) is 47.5 Å².